The average molecular weight is 644 g/mol. The Balaban J connectivity index is 1.81. The van der Waals surface area contributed by atoms with Crippen LogP contribution in [0.3, 0.4) is 0 Å². The van der Waals surface area contributed by atoms with E-state index in [0.29, 0.717) is 23.4 Å². The zero-order chi connectivity index (χ0) is 33.3. The highest BCUT2D eigenvalue weighted by Crippen LogP contribution is 2.29. The van der Waals surface area contributed by atoms with E-state index in [1.807, 2.05) is 64.1 Å². The van der Waals surface area contributed by atoms with Crippen molar-refractivity contribution in [1.29, 1.82) is 0 Å². The van der Waals surface area contributed by atoms with E-state index in [1.165, 1.54) is 29.2 Å². The van der Waals surface area contributed by atoms with Crippen molar-refractivity contribution in [2.24, 2.45) is 0 Å². The van der Waals surface area contributed by atoms with E-state index in [9.17, 15) is 22.4 Å². The first kappa shape index (κ1) is 34.4. The van der Waals surface area contributed by atoms with Crippen molar-refractivity contribution in [2.75, 3.05) is 17.4 Å². The fourth-order valence-electron chi connectivity index (χ4n) is 5.20. The molecule has 242 valence electrons. The SMILES string of the molecule is CCCCNC(=O)[C@H](Cc1ccccc1)N(Cc1ccc(F)cc1)C(=O)CN(c1cccc(C)c1C)S(=O)(=O)c1ccc(C)cc1. The van der Waals surface area contributed by atoms with Gasteiger partial charge in [-0.2, -0.15) is 0 Å². The Labute approximate surface area is 272 Å². The maximum atomic E-state index is 14.6. The van der Waals surface area contributed by atoms with Crippen molar-refractivity contribution < 1.29 is 22.4 Å². The number of hydrogen-bond donors (Lipinski definition) is 1. The zero-order valence-electron chi connectivity index (χ0n) is 26.9. The lowest BCUT2D eigenvalue weighted by atomic mass is 10.0. The fourth-order valence-corrected chi connectivity index (χ4v) is 6.67. The minimum absolute atomic E-state index is 0.0248. The molecular weight excluding hydrogens is 601 g/mol. The lowest BCUT2D eigenvalue weighted by Crippen LogP contribution is -2.53. The largest absolute Gasteiger partial charge is 0.354 e. The first-order valence-electron chi connectivity index (χ1n) is 15.5. The number of rotatable bonds is 14. The van der Waals surface area contributed by atoms with E-state index in [2.05, 4.69) is 5.32 Å². The molecule has 7 nitrogen and oxygen atoms in total. The van der Waals surface area contributed by atoms with E-state index in [0.717, 1.165) is 33.8 Å². The molecule has 1 atom stereocenters. The standard InChI is InChI=1S/C37H42FN3O4S/c1-5-6-23-39-37(43)35(24-30-12-8-7-9-13-30)40(25-31-17-19-32(38)20-18-31)36(42)26-41(34-14-10-11-28(3)29(34)4)46(44,45)33-21-15-27(2)16-22-33/h7-22,35H,5-6,23-26H2,1-4H3,(H,39,43)/t35-/m0/s1. The van der Waals surface area contributed by atoms with Gasteiger partial charge in [0.1, 0.15) is 18.4 Å². The summed E-state index contributed by atoms with van der Waals surface area (Å²) in [6.45, 7) is 7.47. The Bertz CT molecular complexity index is 1730. The first-order valence-corrected chi connectivity index (χ1v) is 17.0. The van der Waals surface area contributed by atoms with Crippen LogP contribution in [0.25, 0.3) is 0 Å². The van der Waals surface area contributed by atoms with Gasteiger partial charge in [-0.25, -0.2) is 12.8 Å². The van der Waals surface area contributed by atoms with Gasteiger partial charge in [-0.3, -0.25) is 13.9 Å². The molecule has 46 heavy (non-hydrogen) atoms. The summed E-state index contributed by atoms with van der Waals surface area (Å²) >= 11 is 0. The van der Waals surface area contributed by atoms with Crippen LogP contribution in [0.4, 0.5) is 10.1 Å². The second kappa shape index (κ2) is 15.7. The second-order valence-corrected chi connectivity index (χ2v) is 13.4. The number of unbranched alkanes of at least 4 members (excludes halogenated alkanes) is 1. The summed E-state index contributed by atoms with van der Waals surface area (Å²) in [6.07, 6.45) is 1.86. The third-order valence-electron chi connectivity index (χ3n) is 8.10. The third-order valence-corrected chi connectivity index (χ3v) is 9.87. The van der Waals surface area contributed by atoms with Gasteiger partial charge in [0, 0.05) is 19.5 Å². The van der Waals surface area contributed by atoms with Gasteiger partial charge in [-0.05, 0) is 79.8 Å². The number of nitrogens with one attached hydrogen (secondary N) is 1. The lowest BCUT2D eigenvalue weighted by Gasteiger charge is -2.34. The predicted octanol–water partition coefficient (Wildman–Crippen LogP) is 6.50. The minimum atomic E-state index is -4.20. The average Bonchev–Trinajstić information content (AvgIpc) is 3.04. The minimum Gasteiger partial charge on any atom is -0.354 e. The van der Waals surface area contributed by atoms with Crippen LogP contribution >= 0.6 is 0 Å². The molecule has 0 saturated heterocycles. The van der Waals surface area contributed by atoms with Gasteiger partial charge in [0.05, 0.1) is 10.6 Å². The van der Waals surface area contributed by atoms with Gasteiger partial charge in [-0.15, -0.1) is 0 Å². The summed E-state index contributed by atoms with van der Waals surface area (Å²) in [5.41, 5.74) is 4.31. The molecule has 0 saturated carbocycles. The molecule has 2 amide bonds. The highest BCUT2D eigenvalue weighted by Gasteiger charge is 2.35. The van der Waals surface area contributed by atoms with Gasteiger partial charge >= 0.3 is 0 Å². The Kier molecular flexibility index (Phi) is 11.7. The molecule has 0 aliphatic heterocycles. The van der Waals surface area contributed by atoms with E-state index in [-0.39, 0.29) is 23.8 Å². The summed E-state index contributed by atoms with van der Waals surface area (Å²) in [6, 6.07) is 26.0. The molecule has 0 heterocycles. The summed E-state index contributed by atoms with van der Waals surface area (Å²) in [7, 11) is -4.20. The fraction of sp³-hybridized carbons (Fsp3) is 0.297. The molecule has 4 aromatic carbocycles. The smallest absolute Gasteiger partial charge is 0.264 e. The van der Waals surface area contributed by atoms with Crippen molar-refractivity contribution in [3.05, 3.63) is 131 Å². The van der Waals surface area contributed by atoms with Crippen LogP contribution in [0.5, 0.6) is 0 Å². The molecule has 0 spiro atoms. The van der Waals surface area contributed by atoms with Crippen molar-refractivity contribution in [1.82, 2.24) is 10.2 Å². The molecule has 0 radical (unpaired) electrons. The van der Waals surface area contributed by atoms with Crippen LogP contribution in [0.15, 0.2) is 102 Å². The molecule has 0 unspecified atom stereocenters. The molecule has 4 aromatic rings. The number of benzene rings is 4. The van der Waals surface area contributed by atoms with Crippen molar-refractivity contribution >= 4 is 27.5 Å². The Morgan fingerprint density at radius 1 is 0.826 bits per heavy atom. The number of amides is 2. The van der Waals surface area contributed by atoms with Gasteiger partial charge < -0.3 is 10.2 Å². The maximum Gasteiger partial charge on any atom is 0.264 e. The maximum absolute atomic E-state index is 14.6. The quantitative estimate of drug-likeness (QED) is 0.159. The van der Waals surface area contributed by atoms with E-state index < -0.39 is 34.3 Å². The molecular formula is C37H42FN3O4S. The topological polar surface area (TPSA) is 86.8 Å². The van der Waals surface area contributed by atoms with E-state index in [4.69, 9.17) is 0 Å². The van der Waals surface area contributed by atoms with Crippen LogP contribution < -0.4 is 9.62 Å². The molecule has 0 aliphatic rings. The van der Waals surface area contributed by atoms with Crippen molar-refractivity contribution in [2.45, 2.75) is 64.4 Å². The summed E-state index contributed by atoms with van der Waals surface area (Å²) in [4.78, 5) is 29.9. The Morgan fingerprint density at radius 3 is 2.15 bits per heavy atom. The molecule has 0 bridgehead atoms. The number of sulfonamides is 1. The first-order chi connectivity index (χ1) is 22.0. The van der Waals surface area contributed by atoms with Crippen molar-refractivity contribution in [3.8, 4) is 0 Å². The predicted molar refractivity (Wildman–Crippen MR) is 180 cm³/mol. The van der Waals surface area contributed by atoms with E-state index >= 15 is 0 Å². The normalized spacial score (nSPS) is 11.9. The Morgan fingerprint density at radius 2 is 1.50 bits per heavy atom. The van der Waals surface area contributed by atoms with Crippen LogP contribution in [0, 0.1) is 26.6 Å². The van der Waals surface area contributed by atoms with Crippen molar-refractivity contribution in [3.63, 3.8) is 0 Å². The third kappa shape index (κ3) is 8.60. The van der Waals surface area contributed by atoms with Crippen LogP contribution in [0.2, 0.25) is 0 Å². The van der Waals surface area contributed by atoms with Crippen LogP contribution in [-0.4, -0.2) is 44.3 Å². The molecule has 4 rings (SSSR count). The summed E-state index contributed by atoms with van der Waals surface area (Å²) in [5, 5.41) is 2.97. The number of nitrogens with zero attached hydrogens (tertiary/aromatic N) is 2. The molecule has 0 aliphatic carbocycles. The number of carbonyl (C=O) groups excluding carboxylic acids is 2. The number of aryl methyl sites for hydroxylation is 2. The molecule has 0 aromatic heterocycles. The van der Waals surface area contributed by atoms with Crippen LogP contribution in [-0.2, 0) is 32.6 Å². The summed E-state index contributed by atoms with van der Waals surface area (Å²) < 4.78 is 43.5. The number of anilines is 1. The monoisotopic (exact) mass is 643 g/mol. The van der Waals surface area contributed by atoms with E-state index in [1.54, 1.807) is 36.4 Å². The number of carbonyl (C=O) groups is 2. The van der Waals surface area contributed by atoms with Gasteiger partial charge in [-0.1, -0.05) is 85.6 Å². The molecule has 0 fully saturated rings. The summed E-state index contributed by atoms with van der Waals surface area (Å²) in [5.74, 6) is -1.33. The molecule has 9 heteroatoms. The zero-order valence-corrected chi connectivity index (χ0v) is 27.7. The van der Waals surface area contributed by atoms with Gasteiger partial charge in [0.15, 0.2) is 0 Å². The second-order valence-electron chi connectivity index (χ2n) is 11.5. The van der Waals surface area contributed by atoms with Gasteiger partial charge in [0.2, 0.25) is 11.8 Å². The lowest BCUT2D eigenvalue weighted by molar-refractivity contribution is -0.140. The highest BCUT2D eigenvalue weighted by atomic mass is 32.2. The van der Waals surface area contributed by atoms with Gasteiger partial charge in [0.25, 0.3) is 10.0 Å². The molecule has 1 N–H and O–H groups in total. The number of halogens is 1. The Hall–Kier alpha value is -4.50. The number of hydrogen-bond acceptors (Lipinski definition) is 4. The highest BCUT2D eigenvalue weighted by molar-refractivity contribution is 7.92. The van der Waals surface area contributed by atoms with Crippen LogP contribution in [0.1, 0.15) is 47.6 Å².